The first-order valence-electron chi connectivity index (χ1n) is 4.33. The summed E-state index contributed by atoms with van der Waals surface area (Å²) < 4.78 is 0. The zero-order valence-corrected chi connectivity index (χ0v) is 7.83. The Morgan fingerprint density at radius 2 is 1.10 bits per heavy atom. The average Bonchev–Trinajstić information content (AvgIpc) is 1.99. The van der Waals surface area contributed by atoms with Crippen molar-refractivity contribution >= 4 is 0 Å². The maximum atomic E-state index is 2.25. The molecule has 0 bridgehead atoms. The molecule has 0 saturated carbocycles. The van der Waals surface area contributed by atoms with Crippen LogP contribution < -0.4 is 0 Å². The lowest BCUT2D eigenvalue weighted by Crippen LogP contribution is -1.94. The summed E-state index contributed by atoms with van der Waals surface area (Å²) in [6.45, 7) is 8.97. The van der Waals surface area contributed by atoms with Gasteiger partial charge in [-0.25, -0.2) is 0 Å². The lowest BCUT2D eigenvalue weighted by atomic mass is 9.95. The van der Waals surface area contributed by atoms with Crippen molar-refractivity contribution in [3.63, 3.8) is 0 Å². The molecule has 0 aliphatic rings. The largest absolute Gasteiger partial charge is 0.0648 e. The Balaban J connectivity index is 3.17. The van der Waals surface area contributed by atoms with Gasteiger partial charge in [0.25, 0.3) is 0 Å². The molecule has 0 aromatic rings. The van der Waals surface area contributed by atoms with Crippen LogP contribution >= 0.6 is 0 Å². The fourth-order valence-corrected chi connectivity index (χ4v) is 0.780. The van der Waals surface area contributed by atoms with Crippen molar-refractivity contribution in [2.75, 3.05) is 0 Å². The van der Waals surface area contributed by atoms with E-state index < -0.39 is 0 Å². The van der Waals surface area contributed by atoms with Crippen LogP contribution in [-0.2, 0) is 0 Å². The van der Waals surface area contributed by atoms with Crippen molar-refractivity contribution in [1.29, 1.82) is 0 Å². The molecule has 0 N–H and O–H groups in total. The van der Waals surface area contributed by atoms with E-state index in [-0.39, 0.29) is 0 Å². The summed E-state index contributed by atoms with van der Waals surface area (Å²) in [4.78, 5) is 0. The normalized spacial score (nSPS) is 11.4. The van der Waals surface area contributed by atoms with E-state index in [0.717, 1.165) is 0 Å². The second kappa shape index (κ2) is 5.76. The second-order valence-corrected chi connectivity index (χ2v) is 3.12. The highest BCUT2D eigenvalue weighted by molar-refractivity contribution is 4.90. The zero-order chi connectivity index (χ0) is 7.98. The molecule has 0 spiro atoms. The van der Waals surface area contributed by atoms with Gasteiger partial charge in [-0.05, 0) is 24.7 Å². The van der Waals surface area contributed by atoms with E-state index in [0.29, 0.717) is 0 Å². The fourth-order valence-electron chi connectivity index (χ4n) is 0.780. The Morgan fingerprint density at radius 3 is 1.30 bits per heavy atom. The van der Waals surface area contributed by atoms with E-state index >= 15 is 0 Å². The molecular formula is C10H20. The van der Waals surface area contributed by atoms with Crippen LogP contribution in [0.1, 0.15) is 53.4 Å². The summed E-state index contributed by atoms with van der Waals surface area (Å²) >= 11 is 0. The van der Waals surface area contributed by atoms with E-state index in [4.69, 9.17) is 0 Å². The van der Waals surface area contributed by atoms with E-state index in [1.165, 1.54) is 25.7 Å². The van der Waals surface area contributed by atoms with Gasteiger partial charge in [0, 0.05) is 0 Å². The average molecular weight is 140 g/mol. The minimum Gasteiger partial charge on any atom is -0.0648 e. The third-order valence-electron chi connectivity index (χ3n) is 2.19. The third kappa shape index (κ3) is 4.84. The first-order chi connectivity index (χ1) is 4.70. The molecule has 0 nitrogen and oxygen atoms in total. The molecule has 0 aliphatic carbocycles. The zero-order valence-electron chi connectivity index (χ0n) is 7.83. The van der Waals surface area contributed by atoms with Gasteiger partial charge >= 0.3 is 0 Å². The molecule has 0 heteroatoms. The highest BCUT2D eigenvalue weighted by Crippen LogP contribution is 2.19. The summed E-state index contributed by atoms with van der Waals surface area (Å²) in [5, 5.41) is 0. The summed E-state index contributed by atoms with van der Waals surface area (Å²) in [7, 11) is 0. The Hall–Kier alpha value is 0. The third-order valence-corrected chi connectivity index (χ3v) is 2.19. The molecule has 0 unspecified atom stereocenters. The van der Waals surface area contributed by atoms with Crippen molar-refractivity contribution in [3.8, 4) is 0 Å². The van der Waals surface area contributed by atoms with Crippen molar-refractivity contribution in [1.82, 2.24) is 0 Å². The molecule has 0 aromatic carbocycles. The first-order valence-corrected chi connectivity index (χ1v) is 4.33. The van der Waals surface area contributed by atoms with E-state index in [9.17, 15) is 0 Å². The minimum absolute atomic E-state index is 1.25. The van der Waals surface area contributed by atoms with Crippen molar-refractivity contribution in [2.45, 2.75) is 53.4 Å². The lowest BCUT2D eigenvalue weighted by molar-refractivity contribution is 0.685. The van der Waals surface area contributed by atoms with E-state index in [2.05, 4.69) is 27.7 Å². The predicted octanol–water partition coefficient (Wildman–Crippen LogP) is 3.78. The standard InChI is InChI=1S/C10H20/c1-5-9(3)7-8-10(4)6-2/h5-8H2,1-4H3. The van der Waals surface area contributed by atoms with Gasteiger partial charge in [-0.3, -0.25) is 0 Å². The van der Waals surface area contributed by atoms with Crippen LogP contribution in [0.2, 0.25) is 0 Å². The van der Waals surface area contributed by atoms with Gasteiger partial charge in [0.2, 0.25) is 0 Å². The fraction of sp³-hybridized carbons (Fsp3) is 0.800. The molecule has 0 atom stereocenters. The molecule has 10 heavy (non-hydrogen) atoms. The maximum absolute atomic E-state index is 2.25. The van der Waals surface area contributed by atoms with Crippen LogP contribution in [0.3, 0.4) is 0 Å². The smallest absolute Gasteiger partial charge is 0.0274 e. The highest BCUT2D eigenvalue weighted by atomic mass is 14.1. The summed E-state index contributed by atoms with van der Waals surface area (Å²) in [5.74, 6) is 3.26. The van der Waals surface area contributed by atoms with Gasteiger partial charge in [-0.1, -0.05) is 40.5 Å². The van der Waals surface area contributed by atoms with Gasteiger partial charge in [0.1, 0.15) is 0 Å². The monoisotopic (exact) mass is 140 g/mol. The number of hydrogen-bond acceptors (Lipinski definition) is 0. The molecule has 60 valence electrons. The Bertz CT molecular complexity index is 56.4. The first kappa shape index (κ1) is 10.0. The molecule has 2 radical (unpaired) electrons. The molecule has 0 aliphatic heterocycles. The van der Waals surface area contributed by atoms with Gasteiger partial charge in [-0.2, -0.15) is 0 Å². The molecule has 0 amide bonds. The van der Waals surface area contributed by atoms with Crippen LogP contribution in [0.25, 0.3) is 0 Å². The maximum Gasteiger partial charge on any atom is -0.0274 e. The van der Waals surface area contributed by atoms with Crippen LogP contribution in [0.4, 0.5) is 0 Å². The minimum atomic E-state index is 1.25. The Morgan fingerprint density at radius 1 is 0.800 bits per heavy atom. The van der Waals surface area contributed by atoms with Crippen molar-refractivity contribution < 1.29 is 0 Å². The van der Waals surface area contributed by atoms with Crippen molar-refractivity contribution in [2.24, 2.45) is 0 Å². The highest BCUT2D eigenvalue weighted by Gasteiger charge is 2.03. The van der Waals surface area contributed by atoms with Gasteiger partial charge in [0.15, 0.2) is 0 Å². The van der Waals surface area contributed by atoms with Gasteiger partial charge in [-0.15, -0.1) is 0 Å². The van der Waals surface area contributed by atoms with E-state index in [1.54, 1.807) is 11.8 Å². The quantitative estimate of drug-likeness (QED) is 0.545. The SMILES string of the molecule is CC[C](C)CC[C](C)CC. The summed E-state index contributed by atoms with van der Waals surface area (Å²) in [5.41, 5.74) is 0. The predicted molar refractivity (Wildman–Crippen MR) is 47.7 cm³/mol. The number of rotatable bonds is 5. The Kier molecular flexibility index (Phi) is 5.76. The molecule has 0 heterocycles. The molecule has 0 fully saturated rings. The molecule has 0 rings (SSSR count). The summed E-state index contributed by atoms with van der Waals surface area (Å²) in [6, 6.07) is 0. The second-order valence-electron chi connectivity index (χ2n) is 3.12. The van der Waals surface area contributed by atoms with Crippen LogP contribution in [0.5, 0.6) is 0 Å². The molecular weight excluding hydrogens is 120 g/mol. The lowest BCUT2D eigenvalue weighted by Gasteiger charge is -2.10. The van der Waals surface area contributed by atoms with Gasteiger partial charge in [0.05, 0.1) is 0 Å². The van der Waals surface area contributed by atoms with Crippen molar-refractivity contribution in [3.05, 3.63) is 11.8 Å². The van der Waals surface area contributed by atoms with Crippen LogP contribution in [0, 0.1) is 11.8 Å². The molecule has 0 saturated heterocycles. The van der Waals surface area contributed by atoms with E-state index in [1.807, 2.05) is 0 Å². The van der Waals surface area contributed by atoms with Crippen LogP contribution in [0.15, 0.2) is 0 Å². The Labute approximate surface area is 66.0 Å². The van der Waals surface area contributed by atoms with Crippen LogP contribution in [-0.4, -0.2) is 0 Å². The topological polar surface area (TPSA) is 0 Å². The summed E-state index contributed by atoms with van der Waals surface area (Å²) in [6.07, 6.45) is 5.10. The van der Waals surface area contributed by atoms with Gasteiger partial charge < -0.3 is 0 Å². The molecule has 0 aromatic heterocycles. The number of hydrogen-bond donors (Lipinski definition) is 0.